The highest BCUT2D eigenvalue weighted by Gasteiger charge is 2.30. The van der Waals surface area contributed by atoms with E-state index in [-0.39, 0.29) is 29.5 Å². The number of hydrogen-bond acceptors (Lipinski definition) is 7. The van der Waals surface area contributed by atoms with Gasteiger partial charge in [0.15, 0.2) is 0 Å². The summed E-state index contributed by atoms with van der Waals surface area (Å²) in [7, 11) is 0.556. The highest BCUT2D eigenvalue weighted by molar-refractivity contribution is 7.89. The van der Waals surface area contributed by atoms with Crippen molar-refractivity contribution in [1.29, 1.82) is 0 Å². The quantitative estimate of drug-likeness (QED) is 0.460. The SMILES string of the molecule is CNC(=O)c1c(NC(=O)c2ccc(S(=O)(=O)N(C)Cc3ccccc3)cc2)sc2c1CCN(C(=O)OC)C2. The van der Waals surface area contributed by atoms with Crippen molar-refractivity contribution in [3.05, 3.63) is 81.7 Å². The Morgan fingerprint density at radius 2 is 1.74 bits per heavy atom. The summed E-state index contributed by atoms with van der Waals surface area (Å²) in [5.41, 5.74) is 2.25. The van der Waals surface area contributed by atoms with Crippen molar-refractivity contribution in [2.24, 2.45) is 0 Å². The number of nitrogens with zero attached hydrogens (tertiary/aromatic N) is 2. The third kappa shape index (κ3) is 5.57. The first-order valence-electron chi connectivity index (χ1n) is 11.8. The van der Waals surface area contributed by atoms with E-state index in [0.29, 0.717) is 23.5 Å². The van der Waals surface area contributed by atoms with Crippen LogP contribution in [0.3, 0.4) is 0 Å². The summed E-state index contributed by atoms with van der Waals surface area (Å²) in [4.78, 5) is 40.1. The van der Waals surface area contributed by atoms with Crippen LogP contribution in [0, 0.1) is 0 Å². The zero-order valence-electron chi connectivity index (χ0n) is 21.2. The van der Waals surface area contributed by atoms with E-state index in [4.69, 9.17) is 4.74 Å². The number of methoxy groups -OCH3 is 1. The molecule has 1 aliphatic heterocycles. The number of hydrogen-bond donors (Lipinski definition) is 2. The average molecular weight is 557 g/mol. The van der Waals surface area contributed by atoms with Gasteiger partial charge in [-0.25, -0.2) is 13.2 Å². The summed E-state index contributed by atoms with van der Waals surface area (Å²) in [6, 6.07) is 14.9. The summed E-state index contributed by atoms with van der Waals surface area (Å²) < 4.78 is 32.1. The molecule has 0 radical (unpaired) electrons. The van der Waals surface area contributed by atoms with Crippen LogP contribution in [-0.4, -0.2) is 63.3 Å². The Balaban J connectivity index is 1.53. The maximum atomic E-state index is 13.1. The molecule has 2 N–H and O–H groups in total. The molecule has 10 nitrogen and oxygen atoms in total. The molecule has 1 aromatic heterocycles. The van der Waals surface area contributed by atoms with Crippen molar-refractivity contribution in [2.45, 2.75) is 24.4 Å². The molecule has 38 heavy (non-hydrogen) atoms. The topological polar surface area (TPSA) is 125 Å². The summed E-state index contributed by atoms with van der Waals surface area (Å²) in [6.07, 6.45) is -0.0108. The Hall–Kier alpha value is -3.74. The van der Waals surface area contributed by atoms with E-state index in [9.17, 15) is 22.8 Å². The number of carbonyl (C=O) groups is 3. The van der Waals surface area contributed by atoms with Crippen molar-refractivity contribution < 1.29 is 27.5 Å². The molecule has 200 valence electrons. The summed E-state index contributed by atoms with van der Waals surface area (Å²) in [5.74, 6) is -0.827. The van der Waals surface area contributed by atoms with Crippen molar-refractivity contribution >= 4 is 44.3 Å². The molecule has 4 rings (SSSR count). The van der Waals surface area contributed by atoms with Crippen LogP contribution in [0.5, 0.6) is 0 Å². The van der Waals surface area contributed by atoms with Crippen LogP contribution in [0.4, 0.5) is 9.80 Å². The molecule has 0 aliphatic carbocycles. The van der Waals surface area contributed by atoms with Gasteiger partial charge in [0.1, 0.15) is 5.00 Å². The van der Waals surface area contributed by atoms with E-state index < -0.39 is 22.0 Å². The van der Waals surface area contributed by atoms with Crippen molar-refractivity contribution in [3.63, 3.8) is 0 Å². The van der Waals surface area contributed by atoms with Gasteiger partial charge in [0, 0.05) is 37.6 Å². The van der Waals surface area contributed by atoms with E-state index in [1.165, 1.54) is 66.0 Å². The summed E-state index contributed by atoms with van der Waals surface area (Å²) in [6.45, 7) is 0.877. The predicted molar refractivity (Wildman–Crippen MR) is 144 cm³/mol. The molecular formula is C26H28N4O6S2. The molecule has 0 fully saturated rings. The molecule has 2 heterocycles. The van der Waals surface area contributed by atoms with Crippen LogP contribution in [0.15, 0.2) is 59.5 Å². The van der Waals surface area contributed by atoms with E-state index >= 15 is 0 Å². The maximum absolute atomic E-state index is 13.1. The Morgan fingerprint density at radius 3 is 2.37 bits per heavy atom. The largest absolute Gasteiger partial charge is 0.453 e. The number of thiophene rings is 1. The van der Waals surface area contributed by atoms with Gasteiger partial charge in [-0.2, -0.15) is 4.31 Å². The lowest BCUT2D eigenvalue weighted by Crippen LogP contribution is -2.35. The lowest BCUT2D eigenvalue weighted by molar-refractivity contribution is 0.0962. The van der Waals surface area contributed by atoms with E-state index in [1.807, 2.05) is 30.3 Å². The fraction of sp³-hybridized carbons (Fsp3) is 0.269. The molecule has 3 amide bonds. The molecule has 1 aliphatic rings. The first kappa shape index (κ1) is 27.3. The van der Waals surface area contributed by atoms with Crippen molar-refractivity contribution in [3.8, 4) is 0 Å². The lowest BCUT2D eigenvalue weighted by Gasteiger charge is -2.25. The van der Waals surface area contributed by atoms with E-state index in [2.05, 4.69) is 10.6 Å². The first-order chi connectivity index (χ1) is 18.1. The molecule has 0 saturated carbocycles. The predicted octanol–water partition coefficient (Wildman–Crippen LogP) is 3.31. The maximum Gasteiger partial charge on any atom is 0.409 e. The number of anilines is 1. The Bertz CT molecular complexity index is 1450. The van der Waals surface area contributed by atoms with Crippen LogP contribution >= 0.6 is 11.3 Å². The number of benzene rings is 2. The van der Waals surface area contributed by atoms with Gasteiger partial charge in [-0.1, -0.05) is 30.3 Å². The fourth-order valence-electron chi connectivity index (χ4n) is 4.20. The normalized spacial score (nSPS) is 13.1. The second kappa shape index (κ2) is 11.3. The minimum Gasteiger partial charge on any atom is -0.453 e. The number of ether oxygens (including phenoxy) is 1. The molecule has 0 atom stereocenters. The zero-order valence-corrected chi connectivity index (χ0v) is 22.8. The smallest absolute Gasteiger partial charge is 0.409 e. The minimum absolute atomic E-state index is 0.0630. The number of rotatable bonds is 7. The van der Waals surface area contributed by atoms with Crippen LogP contribution < -0.4 is 10.6 Å². The van der Waals surface area contributed by atoms with Crippen LogP contribution in [0.1, 0.15) is 36.7 Å². The molecule has 0 unspecified atom stereocenters. The summed E-state index contributed by atoms with van der Waals surface area (Å²) in [5, 5.41) is 5.77. The number of carbonyl (C=O) groups excluding carboxylic acids is 3. The first-order valence-corrected chi connectivity index (χ1v) is 14.0. The molecule has 0 spiro atoms. The molecule has 3 aromatic rings. The Labute approximate surface area is 225 Å². The van der Waals surface area contributed by atoms with Gasteiger partial charge in [-0.3, -0.25) is 9.59 Å². The number of nitrogens with one attached hydrogen (secondary N) is 2. The summed E-state index contributed by atoms with van der Waals surface area (Å²) >= 11 is 1.23. The van der Waals surface area contributed by atoms with Crippen molar-refractivity contribution in [1.82, 2.24) is 14.5 Å². The molecule has 2 aromatic carbocycles. The second-order valence-electron chi connectivity index (χ2n) is 8.65. The number of amides is 3. The Morgan fingerprint density at radius 1 is 1.05 bits per heavy atom. The van der Waals surface area contributed by atoms with Crippen LogP contribution in [0.2, 0.25) is 0 Å². The van der Waals surface area contributed by atoms with Gasteiger partial charge in [-0.05, 0) is 41.8 Å². The van der Waals surface area contributed by atoms with Crippen LogP contribution in [-0.2, 0) is 34.3 Å². The standard InChI is InChI=1S/C26H28N4O6S2/c1-27-24(32)22-20-13-14-30(26(33)36-3)16-21(20)37-25(22)28-23(31)18-9-11-19(12-10-18)38(34,35)29(2)15-17-7-5-4-6-8-17/h4-12H,13-16H2,1-3H3,(H,27,32)(H,28,31). The molecule has 12 heteroatoms. The zero-order chi connectivity index (χ0) is 27.4. The molecule has 0 saturated heterocycles. The third-order valence-corrected chi connectivity index (χ3v) is 9.19. The number of sulfonamides is 1. The van der Waals surface area contributed by atoms with Gasteiger partial charge < -0.3 is 20.3 Å². The van der Waals surface area contributed by atoms with E-state index in [1.54, 1.807) is 0 Å². The fourth-order valence-corrected chi connectivity index (χ4v) is 6.62. The van der Waals surface area contributed by atoms with Gasteiger partial charge in [0.05, 0.1) is 24.1 Å². The van der Waals surface area contributed by atoms with E-state index in [0.717, 1.165) is 16.0 Å². The van der Waals surface area contributed by atoms with Crippen molar-refractivity contribution in [2.75, 3.05) is 33.1 Å². The monoisotopic (exact) mass is 556 g/mol. The lowest BCUT2D eigenvalue weighted by atomic mass is 10.0. The average Bonchev–Trinajstić information content (AvgIpc) is 3.29. The van der Waals surface area contributed by atoms with Crippen LogP contribution in [0.25, 0.3) is 0 Å². The molecule has 0 bridgehead atoms. The van der Waals surface area contributed by atoms with Gasteiger partial charge >= 0.3 is 6.09 Å². The molecular weight excluding hydrogens is 528 g/mol. The van der Waals surface area contributed by atoms with Gasteiger partial charge in [-0.15, -0.1) is 11.3 Å². The number of fused-ring (bicyclic) bond motifs is 1. The van der Waals surface area contributed by atoms with Gasteiger partial charge in [0.2, 0.25) is 10.0 Å². The second-order valence-corrected chi connectivity index (χ2v) is 11.8. The minimum atomic E-state index is -3.77. The highest BCUT2D eigenvalue weighted by atomic mass is 32.2. The van der Waals surface area contributed by atoms with Gasteiger partial charge in [0.25, 0.3) is 11.8 Å². The highest BCUT2D eigenvalue weighted by Crippen LogP contribution is 2.37. The Kier molecular flexibility index (Phi) is 8.14. The third-order valence-electron chi connectivity index (χ3n) is 6.24.